The first kappa shape index (κ1) is 10.3. The Hall–Kier alpha value is 0.200. The Labute approximate surface area is 78.7 Å². The molecule has 1 rings (SSSR count). The van der Waals surface area contributed by atoms with E-state index in [0.29, 0.717) is 6.54 Å². The van der Waals surface area contributed by atoms with E-state index in [2.05, 4.69) is 0 Å². The number of halogens is 1. The summed E-state index contributed by atoms with van der Waals surface area (Å²) in [5, 5.41) is -0.249. The van der Waals surface area contributed by atoms with Gasteiger partial charge in [-0.3, -0.25) is 0 Å². The van der Waals surface area contributed by atoms with Crippen molar-refractivity contribution in [1.29, 1.82) is 0 Å². The summed E-state index contributed by atoms with van der Waals surface area (Å²) < 4.78 is 24.4. The molecule has 0 N–H and O–H groups in total. The lowest BCUT2D eigenvalue weighted by Crippen LogP contribution is -2.33. The van der Waals surface area contributed by atoms with Crippen LogP contribution in [0.3, 0.4) is 0 Å². The second-order valence-corrected chi connectivity index (χ2v) is 6.37. The van der Waals surface area contributed by atoms with Gasteiger partial charge in [-0.25, -0.2) is 12.7 Å². The third-order valence-electron chi connectivity index (χ3n) is 1.89. The van der Waals surface area contributed by atoms with Crippen LogP contribution in [0.2, 0.25) is 0 Å². The Balaban J connectivity index is 2.55. The molecule has 1 saturated carbocycles. The molecule has 0 aromatic carbocycles. The predicted octanol–water partition coefficient (Wildman–Crippen LogP) is 1.04. The van der Waals surface area contributed by atoms with Crippen LogP contribution >= 0.6 is 11.6 Å². The molecule has 5 heteroatoms. The van der Waals surface area contributed by atoms with Crippen LogP contribution < -0.4 is 0 Å². The fourth-order valence-electron chi connectivity index (χ4n) is 1.08. The van der Waals surface area contributed by atoms with E-state index in [0.717, 1.165) is 12.8 Å². The van der Waals surface area contributed by atoms with Crippen LogP contribution in [-0.4, -0.2) is 36.9 Å². The van der Waals surface area contributed by atoms with Gasteiger partial charge >= 0.3 is 0 Å². The quantitative estimate of drug-likeness (QED) is 0.652. The van der Waals surface area contributed by atoms with Gasteiger partial charge in [0.1, 0.15) is 0 Å². The molecular weight excluding hydrogens is 198 g/mol. The van der Waals surface area contributed by atoms with Crippen molar-refractivity contribution >= 4 is 21.6 Å². The molecule has 0 aliphatic heterocycles. The van der Waals surface area contributed by atoms with Gasteiger partial charge in [-0.1, -0.05) is 0 Å². The van der Waals surface area contributed by atoms with Gasteiger partial charge < -0.3 is 0 Å². The highest BCUT2D eigenvalue weighted by Gasteiger charge is 2.38. The molecule has 0 aromatic rings. The minimum atomic E-state index is -3.01. The smallest absolute Gasteiger partial charge is 0.212 e. The van der Waals surface area contributed by atoms with Gasteiger partial charge in [-0.05, 0) is 19.8 Å². The molecule has 1 fully saturated rings. The van der Waals surface area contributed by atoms with Gasteiger partial charge in [0, 0.05) is 19.0 Å². The third-order valence-corrected chi connectivity index (χ3v) is 4.36. The van der Waals surface area contributed by atoms with Gasteiger partial charge in [0.2, 0.25) is 10.0 Å². The summed E-state index contributed by atoms with van der Waals surface area (Å²) >= 11 is 5.70. The number of nitrogens with zero attached hydrogens (tertiary/aromatic N) is 1. The van der Waals surface area contributed by atoms with Gasteiger partial charge in [0.15, 0.2) is 0 Å². The van der Waals surface area contributed by atoms with E-state index in [4.69, 9.17) is 11.6 Å². The average molecular weight is 212 g/mol. The minimum absolute atomic E-state index is 0.122. The number of sulfonamides is 1. The molecule has 0 aromatic heterocycles. The van der Waals surface area contributed by atoms with E-state index < -0.39 is 10.0 Å². The molecule has 0 radical (unpaired) electrons. The Morgan fingerprint density at radius 1 is 1.58 bits per heavy atom. The highest BCUT2D eigenvalue weighted by Crippen LogP contribution is 2.30. The van der Waals surface area contributed by atoms with Gasteiger partial charge in [-0.2, -0.15) is 0 Å². The van der Waals surface area contributed by atoms with Crippen LogP contribution in [-0.2, 0) is 10.0 Å². The van der Waals surface area contributed by atoms with E-state index >= 15 is 0 Å². The van der Waals surface area contributed by atoms with Crippen molar-refractivity contribution in [3.63, 3.8) is 0 Å². The van der Waals surface area contributed by atoms with Gasteiger partial charge in [-0.15, -0.1) is 11.6 Å². The zero-order chi connectivity index (χ0) is 9.35. The van der Waals surface area contributed by atoms with E-state index in [-0.39, 0.29) is 10.6 Å². The lowest BCUT2D eigenvalue weighted by atomic mass is 10.5. The summed E-state index contributed by atoms with van der Waals surface area (Å²) in [6.07, 6.45) is 1.62. The lowest BCUT2D eigenvalue weighted by Gasteiger charge is -2.17. The van der Waals surface area contributed by atoms with Crippen LogP contribution in [0.5, 0.6) is 0 Å². The summed E-state index contributed by atoms with van der Waals surface area (Å²) in [6, 6.07) is 0. The largest absolute Gasteiger partial charge is 0.216 e. The van der Waals surface area contributed by atoms with Crippen LogP contribution in [0.15, 0.2) is 0 Å². The highest BCUT2D eigenvalue weighted by atomic mass is 35.5. The van der Waals surface area contributed by atoms with Crippen LogP contribution in [0.25, 0.3) is 0 Å². The maximum Gasteiger partial charge on any atom is 0.216 e. The molecule has 0 spiro atoms. The summed E-state index contributed by atoms with van der Waals surface area (Å²) in [4.78, 5) is 0. The molecule has 1 aliphatic carbocycles. The Morgan fingerprint density at radius 2 is 2.08 bits per heavy atom. The molecule has 0 saturated heterocycles. The highest BCUT2D eigenvalue weighted by molar-refractivity contribution is 7.90. The Morgan fingerprint density at radius 3 is 2.42 bits per heavy atom. The van der Waals surface area contributed by atoms with Crippen LogP contribution in [0.4, 0.5) is 0 Å². The molecule has 0 heterocycles. The van der Waals surface area contributed by atoms with Crippen molar-refractivity contribution < 1.29 is 8.42 Å². The Kier molecular flexibility index (Phi) is 3.01. The van der Waals surface area contributed by atoms with Gasteiger partial charge in [0.25, 0.3) is 0 Å². The molecule has 0 bridgehead atoms. The van der Waals surface area contributed by atoms with Crippen LogP contribution in [0, 0.1) is 0 Å². The summed E-state index contributed by atoms with van der Waals surface area (Å²) in [7, 11) is -1.42. The fraction of sp³-hybridized carbons (Fsp3) is 1.00. The zero-order valence-corrected chi connectivity index (χ0v) is 8.90. The standard InChI is InChI=1S/C7H14ClNO2S/c1-6(8)5-9(2)12(10,11)7-3-4-7/h6-7H,3-5H2,1-2H3. The molecule has 1 atom stereocenters. The van der Waals surface area contributed by atoms with Crippen molar-refractivity contribution in [2.24, 2.45) is 0 Å². The fourth-order valence-corrected chi connectivity index (χ4v) is 3.04. The number of hydrogen-bond acceptors (Lipinski definition) is 2. The van der Waals surface area contributed by atoms with E-state index in [1.807, 2.05) is 0 Å². The summed E-state index contributed by atoms with van der Waals surface area (Å²) in [5.41, 5.74) is 0. The van der Waals surface area contributed by atoms with Crippen molar-refractivity contribution in [1.82, 2.24) is 4.31 Å². The second kappa shape index (κ2) is 3.52. The number of rotatable bonds is 4. The number of alkyl halides is 1. The normalized spacial score (nSPS) is 21.3. The summed E-state index contributed by atoms with van der Waals surface area (Å²) in [6.45, 7) is 2.20. The first-order chi connectivity index (χ1) is 5.44. The maximum absolute atomic E-state index is 11.5. The van der Waals surface area contributed by atoms with E-state index in [1.54, 1.807) is 14.0 Å². The first-order valence-corrected chi connectivity index (χ1v) is 5.98. The molecule has 3 nitrogen and oxygen atoms in total. The molecule has 12 heavy (non-hydrogen) atoms. The molecule has 1 aliphatic rings. The number of hydrogen-bond donors (Lipinski definition) is 0. The lowest BCUT2D eigenvalue weighted by molar-refractivity contribution is 0.469. The van der Waals surface area contributed by atoms with E-state index in [9.17, 15) is 8.42 Å². The predicted molar refractivity (Wildman–Crippen MR) is 49.9 cm³/mol. The molecular formula is C7H14ClNO2S. The average Bonchev–Trinajstić information content (AvgIpc) is 2.65. The van der Waals surface area contributed by atoms with Crippen molar-refractivity contribution in [2.75, 3.05) is 13.6 Å². The third kappa shape index (κ3) is 2.34. The first-order valence-electron chi connectivity index (χ1n) is 4.04. The van der Waals surface area contributed by atoms with E-state index in [1.165, 1.54) is 4.31 Å². The molecule has 1 unspecified atom stereocenters. The van der Waals surface area contributed by atoms with Crippen LogP contribution in [0.1, 0.15) is 19.8 Å². The summed E-state index contributed by atoms with van der Waals surface area (Å²) in [5.74, 6) is 0. The topological polar surface area (TPSA) is 37.4 Å². The molecule has 0 amide bonds. The van der Waals surface area contributed by atoms with Crippen molar-refractivity contribution in [2.45, 2.75) is 30.4 Å². The van der Waals surface area contributed by atoms with Gasteiger partial charge in [0.05, 0.1) is 5.25 Å². The van der Waals surface area contributed by atoms with Crippen molar-refractivity contribution in [3.8, 4) is 0 Å². The SMILES string of the molecule is CC(Cl)CN(C)S(=O)(=O)C1CC1. The monoisotopic (exact) mass is 211 g/mol. The maximum atomic E-state index is 11.5. The zero-order valence-electron chi connectivity index (χ0n) is 7.33. The van der Waals surface area contributed by atoms with Crippen molar-refractivity contribution in [3.05, 3.63) is 0 Å². The Bertz CT molecular complexity index is 246. The minimum Gasteiger partial charge on any atom is -0.212 e. The molecule has 72 valence electrons. The second-order valence-electron chi connectivity index (χ2n) is 3.31.